The van der Waals surface area contributed by atoms with Crippen LogP contribution in [0.3, 0.4) is 0 Å². The van der Waals surface area contributed by atoms with Crippen LogP contribution in [0.25, 0.3) is 0 Å². The Morgan fingerprint density at radius 1 is 1.21 bits per heavy atom. The molecule has 0 fully saturated rings. The molecule has 0 amide bonds. The first-order chi connectivity index (χ1) is 13.7. The van der Waals surface area contributed by atoms with Crippen LogP contribution in [0.5, 0.6) is 5.75 Å². The van der Waals surface area contributed by atoms with Gasteiger partial charge in [0.25, 0.3) is 10.0 Å². The van der Waals surface area contributed by atoms with Gasteiger partial charge in [-0.15, -0.1) is 11.3 Å². The van der Waals surface area contributed by atoms with Crippen molar-refractivity contribution in [2.24, 2.45) is 0 Å². The molecule has 2 aromatic carbocycles. The summed E-state index contributed by atoms with van der Waals surface area (Å²) < 4.78 is 33.5. The molecule has 0 radical (unpaired) electrons. The number of nitrogens with zero attached hydrogens (tertiary/aromatic N) is 1. The quantitative estimate of drug-likeness (QED) is 0.542. The first-order valence-electron chi connectivity index (χ1n) is 8.34. The average Bonchev–Trinajstić information content (AvgIpc) is 3.08. The Balaban J connectivity index is 1.84. The molecule has 1 aromatic heterocycles. The number of hydrogen-bond acceptors (Lipinski definition) is 8. The number of ether oxygens (including phenoxy) is 1. The molecule has 0 bridgehead atoms. The van der Waals surface area contributed by atoms with Gasteiger partial charge < -0.3 is 9.84 Å². The maximum Gasteiger partial charge on any atom is 0.341 e. The van der Waals surface area contributed by atoms with Crippen LogP contribution in [-0.2, 0) is 14.8 Å². The van der Waals surface area contributed by atoms with Gasteiger partial charge in [-0.25, -0.2) is 18.2 Å². The largest absolute Gasteiger partial charge is 0.507 e. The van der Waals surface area contributed by atoms with Crippen molar-refractivity contribution < 1.29 is 23.1 Å². The van der Waals surface area contributed by atoms with Crippen LogP contribution in [0.15, 0.2) is 55.9 Å². The number of methoxy groups -OCH3 is 1. The standard InChI is InChI=1S/C19H18N2O5S3/c1-11-8-13(28-19-20-12(2)10-27-19)4-6-16(11)21-29(24,25)14-5-7-17(22)15(9-14)18(23)26-3/h4-10,21-22H,1-3H3. The van der Waals surface area contributed by atoms with E-state index in [-0.39, 0.29) is 16.2 Å². The number of carbonyl (C=O) groups is 1. The lowest BCUT2D eigenvalue weighted by molar-refractivity contribution is 0.0597. The molecule has 2 N–H and O–H groups in total. The molecule has 29 heavy (non-hydrogen) atoms. The number of nitrogens with one attached hydrogen (secondary N) is 1. The highest BCUT2D eigenvalue weighted by molar-refractivity contribution is 8.01. The molecule has 0 saturated carbocycles. The maximum atomic E-state index is 12.7. The Bertz CT molecular complexity index is 1170. The van der Waals surface area contributed by atoms with E-state index >= 15 is 0 Å². The zero-order valence-electron chi connectivity index (χ0n) is 15.8. The lowest BCUT2D eigenvalue weighted by Gasteiger charge is -2.12. The lowest BCUT2D eigenvalue weighted by Crippen LogP contribution is -2.15. The Hall–Kier alpha value is -2.56. The van der Waals surface area contributed by atoms with Crippen LogP contribution in [0.4, 0.5) is 5.69 Å². The van der Waals surface area contributed by atoms with Crippen molar-refractivity contribution >= 4 is 44.8 Å². The van der Waals surface area contributed by atoms with E-state index in [0.717, 1.165) is 39.7 Å². The highest BCUT2D eigenvalue weighted by Crippen LogP contribution is 2.33. The second kappa shape index (κ2) is 8.44. The number of phenolic OH excluding ortho intramolecular Hbond substituents is 1. The number of anilines is 1. The predicted octanol–water partition coefficient (Wildman–Crippen LogP) is 4.20. The van der Waals surface area contributed by atoms with Crippen LogP contribution >= 0.6 is 23.1 Å². The van der Waals surface area contributed by atoms with Crippen molar-refractivity contribution in [3.8, 4) is 5.75 Å². The van der Waals surface area contributed by atoms with Crippen molar-refractivity contribution in [2.75, 3.05) is 11.8 Å². The fraction of sp³-hybridized carbons (Fsp3) is 0.158. The second-order valence-corrected chi connectivity index (χ2v) is 9.97. The minimum Gasteiger partial charge on any atom is -0.507 e. The molecule has 7 nitrogen and oxygen atoms in total. The number of aryl methyl sites for hydroxylation is 2. The molecule has 1 heterocycles. The van der Waals surface area contributed by atoms with Crippen LogP contribution in [0.2, 0.25) is 0 Å². The molecule has 0 unspecified atom stereocenters. The smallest absolute Gasteiger partial charge is 0.341 e. The van der Waals surface area contributed by atoms with E-state index in [0.29, 0.717) is 5.69 Å². The number of sulfonamides is 1. The number of thiazole rings is 1. The molecule has 0 saturated heterocycles. The highest BCUT2D eigenvalue weighted by atomic mass is 32.2. The van der Waals surface area contributed by atoms with Crippen LogP contribution in [0.1, 0.15) is 21.6 Å². The zero-order chi connectivity index (χ0) is 21.2. The van der Waals surface area contributed by atoms with E-state index in [2.05, 4.69) is 14.4 Å². The van der Waals surface area contributed by atoms with Crippen LogP contribution < -0.4 is 4.72 Å². The van der Waals surface area contributed by atoms with E-state index in [1.165, 1.54) is 17.8 Å². The average molecular weight is 451 g/mol. The molecular weight excluding hydrogens is 432 g/mol. The maximum absolute atomic E-state index is 12.7. The van der Waals surface area contributed by atoms with Gasteiger partial charge in [0.1, 0.15) is 11.3 Å². The molecular formula is C19H18N2O5S3. The van der Waals surface area contributed by atoms with Gasteiger partial charge in [-0.2, -0.15) is 0 Å². The highest BCUT2D eigenvalue weighted by Gasteiger charge is 2.20. The number of hydrogen-bond donors (Lipinski definition) is 2. The SMILES string of the molecule is COC(=O)c1cc(S(=O)(=O)Nc2ccc(Sc3nc(C)cs3)cc2C)ccc1O. The third-order valence-corrected chi connectivity index (χ3v) is 7.34. The molecule has 0 spiro atoms. The summed E-state index contributed by atoms with van der Waals surface area (Å²) in [5, 5.41) is 11.7. The van der Waals surface area contributed by atoms with E-state index in [4.69, 9.17) is 0 Å². The van der Waals surface area contributed by atoms with Crippen molar-refractivity contribution in [1.82, 2.24) is 4.98 Å². The number of benzene rings is 2. The summed E-state index contributed by atoms with van der Waals surface area (Å²) in [6, 6.07) is 8.79. The number of phenols is 1. The van der Waals surface area contributed by atoms with E-state index in [1.807, 2.05) is 24.4 Å². The minimum atomic E-state index is -3.97. The third-order valence-electron chi connectivity index (χ3n) is 3.93. The summed E-state index contributed by atoms with van der Waals surface area (Å²) >= 11 is 3.06. The van der Waals surface area contributed by atoms with E-state index < -0.39 is 16.0 Å². The van der Waals surface area contributed by atoms with Gasteiger partial charge in [-0.1, -0.05) is 11.8 Å². The fourth-order valence-electron chi connectivity index (χ4n) is 2.45. The van der Waals surface area contributed by atoms with Gasteiger partial charge in [-0.05, 0) is 55.8 Å². The van der Waals surface area contributed by atoms with Gasteiger partial charge in [0, 0.05) is 16.0 Å². The Kier molecular flexibility index (Phi) is 6.15. The number of rotatable bonds is 6. The summed E-state index contributed by atoms with van der Waals surface area (Å²) in [7, 11) is -2.82. The molecule has 0 aliphatic heterocycles. The first kappa shape index (κ1) is 21.2. The Morgan fingerprint density at radius 3 is 2.59 bits per heavy atom. The molecule has 3 aromatic rings. The van der Waals surface area contributed by atoms with Crippen LogP contribution in [-0.4, -0.2) is 31.6 Å². The molecule has 0 aliphatic carbocycles. The number of esters is 1. The zero-order valence-corrected chi connectivity index (χ0v) is 18.2. The van der Waals surface area contributed by atoms with Crippen LogP contribution in [0, 0.1) is 13.8 Å². The molecule has 10 heteroatoms. The summed E-state index contributed by atoms with van der Waals surface area (Å²) in [4.78, 5) is 16.9. The fourth-order valence-corrected chi connectivity index (χ4v) is 5.52. The topological polar surface area (TPSA) is 106 Å². The van der Waals surface area contributed by atoms with Crippen molar-refractivity contribution in [1.29, 1.82) is 0 Å². The van der Waals surface area contributed by atoms with Gasteiger partial charge >= 0.3 is 5.97 Å². The normalized spacial score (nSPS) is 11.3. The summed E-state index contributed by atoms with van der Waals surface area (Å²) in [5.74, 6) is -1.18. The third kappa shape index (κ3) is 4.89. The summed E-state index contributed by atoms with van der Waals surface area (Å²) in [6.45, 7) is 3.73. The van der Waals surface area contributed by atoms with Crippen molar-refractivity contribution in [3.63, 3.8) is 0 Å². The monoisotopic (exact) mass is 450 g/mol. The first-order valence-corrected chi connectivity index (χ1v) is 11.5. The molecule has 3 rings (SSSR count). The van der Waals surface area contributed by atoms with Gasteiger partial charge in [-0.3, -0.25) is 4.72 Å². The van der Waals surface area contributed by atoms with E-state index in [1.54, 1.807) is 24.3 Å². The minimum absolute atomic E-state index is 0.160. The number of aromatic nitrogens is 1. The molecule has 0 atom stereocenters. The second-order valence-electron chi connectivity index (χ2n) is 6.11. The molecule has 0 aliphatic rings. The number of aromatic hydroxyl groups is 1. The number of carbonyl (C=O) groups excluding carboxylic acids is 1. The summed E-state index contributed by atoms with van der Waals surface area (Å²) in [5.41, 5.74) is 1.88. The Labute approximate surface area is 176 Å². The molecule has 152 valence electrons. The lowest BCUT2D eigenvalue weighted by atomic mass is 10.2. The van der Waals surface area contributed by atoms with Crippen molar-refractivity contribution in [2.45, 2.75) is 28.0 Å². The van der Waals surface area contributed by atoms with E-state index in [9.17, 15) is 18.3 Å². The Morgan fingerprint density at radius 2 is 1.97 bits per heavy atom. The van der Waals surface area contributed by atoms with Gasteiger partial charge in [0.05, 0.1) is 17.7 Å². The van der Waals surface area contributed by atoms with Crippen molar-refractivity contribution in [3.05, 3.63) is 58.6 Å². The van der Waals surface area contributed by atoms with Gasteiger partial charge in [0.15, 0.2) is 4.34 Å². The summed E-state index contributed by atoms with van der Waals surface area (Å²) in [6.07, 6.45) is 0. The van der Waals surface area contributed by atoms with Gasteiger partial charge in [0.2, 0.25) is 0 Å². The predicted molar refractivity (Wildman–Crippen MR) is 112 cm³/mol.